The lowest BCUT2D eigenvalue weighted by molar-refractivity contribution is -0.144. The van der Waals surface area contributed by atoms with Crippen molar-refractivity contribution in [3.05, 3.63) is 112 Å². The largest absolute Gasteiger partial charge is 0.507 e. The number of carbonyl (C=O) groups excluding carboxylic acids is 4. The van der Waals surface area contributed by atoms with Gasteiger partial charge in [0.15, 0.2) is 0 Å². The Morgan fingerprint density at radius 2 is 1.57 bits per heavy atom. The molecule has 9 rings (SSSR count). The summed E-state index contributed by atoms with van der Waals surface area (Å²) < 4.78 is 5.52. The van der Waals surface area contributed by atoms with Gasteiger partial charge in [-0.15, -0.1) is 0 Å². The molecule has 5 aliphatic rings. The van der Waals surface area contributed by atoms with Gasteiger partial charge in [0.05, 0.1) is 41.0 Å². The number of hydrazine groups is 1. The van der Waals surface area contributed by atoms with Crippen LogP contribution in [-0.4, -0.2) is 51.8 Å². The molecule has 4 aromatic carbocycles. The zero-order valence-corrected chi connectivity index (χ0v) is 31.1. The van der Waals surface area contributed by atoms with Crippen LogP contribution < -0.4 is 10.2 Å². The van der Waals surface area contributed by atoms with E-state index in [1.165, 1.54) is 6.07 Å². The number of halogens is 2. The smallest absolute Gasteiger partial charge is 0.260 e. The second kappa shape index (κ2) is 13.2. The number of ether oxygens (including phenoxy) is 1. The molecule has 0 spiro atoms. The fraction of sp³-hybridized carbons (Fsp3) is 0.349. The van der Waals surface area contributed by atoms with Crippen molar-refractivity contribution in [3.63, 3.8) is 0 Å². The lowest BCUT2D eigenvalue weighted by Crippen LogP contribution is -2.53. The Balaban J connectivity index is 1.27. The summed E-state index contributed by atoms with van der Waals surface area (Å²) in [4.78, 5) is 61.1. The fourth-order valence-electron chi connectivity index (χ4n) is 10.5. The number of phenols is 1. The number of likely N-dealkylation sites (tertiary alicyclic amines) is 1. The van der Waals surface area contributed by atoms with Crippen molar-refractivity contribution in [1.82, 2.24) is 9.91 Å². The highest BCUT2D eigenvalue weighted by Gasteiger charge is 2.70. The molecule has 4 amide bonds. The number of nitrogens with zero attached hydrogens (tertiary/aromatic N) is 2. The first-order chi connectivity index (χ1) is 26.1. The molecule has 4 fully saturated rings. The lowest BCUT2D eigenvalue weighted by Gasteiger charge is -2.51. The predicted molar refractivity (Wildman–Crippen MR) is 205 cm³/mol. The monoisotopic (exact) mass is 763 g/mol. The molecule has 2 saturated carbocycles. The molecule has 0 aromatic heterocycles. The summed E-state index contributed by atoms with van der Waals surface area (Å²) in [6.07, 6.45) is 7.24. The molecule has 2 aliphatic heterocycles. The van der Waals surface area contributed by atoms with Crippen molar-refractivity contribution in [3.8, 4) is 11.5 Å². The summed E-state index contributed by atoms with van der Waals surface area (Å²) in [6.45, 7) is 0. The number of hydrogen-bond acceptors (Lipinski definition) is 7. The third-order valence-electron chi connectivity index (χ3n) is 12.8. The highest BCUT2D eigenvalue weighted by molar-refractivity contribution is 6.36. The molecule has 2 N–H and O–H groups in total. The molecular weight excluding hydrogens is 725 g/mol. The van der Waals surface area contributed by atoms with Gasteiger partial charge in [-0.1, -0.05) is 96.6 Å². The van der Waals surface area contributed by atoms with Crippen molar-refractivity contribution >= 4 is 63.3 Å². The number of phenolic OH excluding ortho intramolecular Hbond substituents is 1. The highest BCUT2D eigenvalue weighted by Crippen LogP contribution is 2.65. The second-order valence-electron chi connectivity index (χ2n) is 15.3. The van der Waals surface area contributed by atoms with Crippen LogP contribution in [0.3, 0.4) is 0 Å². The molecule has 11 heteroatoms. The van der Waals surface area contributed by atoms with Crippen LogP contribution in [0.15, 0.2) is 90.5 Å². The Bertz CT molecular complexity index is 2270. The van der Waals surface area contributed by atoms with Gasteiger partial charge in [-0.25, -0.2) is 0 Å². The zero-order valence-electron chi connectivity index (χ0n) is 29.6. The van der Waals surface area contributed by atoms with Crippen molar-refractivity contribution in [2.24, 2.45) is 23.7 Å². The van der Waals surface area contributed by atoms with Crippen LogP contribution in [0.5, 0.6) is 11.5 Å². The zero-order chi connectivity index (χ0) is 37.5. The first-order valence-corrected chi connectivity index (χ1v) is 19.4. The van der Waals surface area contributed by atoms with Gasteiger partial charge >= 0.3 is 0 Å². The standard InChI is InChI=1S/C43H39Cl2N3O6/c1-54-26-14-11-23(12-15-26)43-33(40(51)48(42(43)53)46-35-19-13-24(44)21-34(35)45)22-32-30(38(43)29-18-20-36(49)28-10-6-5-9-27(28)29)16-17-31-37(32)41(52)47(39(31)50)25-7-3-2-4-8-25/h5-6,9-16,18-21,25,31-33,37-38,46,49H,2-4,7-8,17,22H2,1H3. The summed E-state index contributed by atoms with van der Waals surface area (Å²) in [5.41, 5.74) is 4.09. The van der Waals surface area contributed by atoms with E-state index in [0.717, 1.165) is 53.6 Å². The van der Waals surface area contributed by atoms with Crippen LogP contribution in [0.2, 0.25) is 10.0 Å². The molecule has 6 unspecified atom stereocenters. The lowest BCUT2D eigenvalue weighted by atomic mass is 9.49. The quantitative estimate of drug-likeness (QED) is 0.150. The van der Waals surface area contributed by atoms with Gasteiger partial charge in [0.1, 0.15) is 11.5 Å². The Morgan fingerprint density at radius 1 is 0.833 bits per heavy atom. The van der Waals surface area contributed by atoms with Crippen molar-refractivity contribution < 1.29 is 29.0 Å². The molecule has 3 aliphatic carbocycles. The van der Waals surface area contributed by atoms with Crippen LogP contribution in [0.4, 0.5) is 5.69 Å². The number of rotatable bonds is 6. The van der Waals surface area contributed by atoms with Crippen LogP contribution in [0.25, 0.3) is 10.8 Å². The minimum Gasteiger partial charge on any atom is -0.507 e. The second-order valence-corrected chi connectivity index (χ2v) is 16.1. The van der Waals surface area contributed by atoms with E-state index in [4.69, 9.17) is 27.9 Å². The van der Waals surface area contributed by atoms with Gasteiger partial charge in [-0.05, 0) is 84.5 Å². The van der Waals surface area contributed by atoms with Gasteiger partial charge in [-0.2, -0.15) is 5.01 Å². The number of methoxy groups -OCH3 is 1. The van der Waals surface area contributed by atoms with E-state index in [0.29, 0.717) is 33.8 Å². The van der Waals surface area contributed by atoms with E-state index in [1.54, 1.807) is 42.3 Å². The van der Waals surface area contributed by atoms with Crippen molar-refractivity contribution in [2.75, 3.05) is 12.5 Å². The van der Waals surface area contributed by atoms with E-state index < -0.39 is 46.8 Å². The molecule has 9 nitrogen and oxygen atoms in total. The summed E-state index contributed by atoms with van der Waals surface area (Å²) in [5, 5.41) is 14.1. The van der Waals surface area contributed by atoms with E-state index >= 15 is 9.59 Å². The molecule has 6 atom stereocenters. The summed E-state index contributed by atoms with van der Waals surface area (Å²) in [5.74, 6) is -3.93. The number of nitrogens with one attached hydrogen (secondary N) is 1. The number of amides is 4. The van der Waals surface area contributed by atoms with Gasteiger partial charge < -0.3 is 9.84 Å². The third-order valence-corrected chi connectivity index (χ3v) is 13.3. The van der Waals surface area contributed by atoms with Gasteiger partial charge in [0, 0.05) is 22.4 Å². The van der Waals surface area contributed by atoms with Gasteiger partial charge in [0.25, 0.3) is 11.8 Å². The van der Waals surface area contributed by atoms with Crippen molar-refractivity contribution in [1.29, 1.82) is 0 Å². The summed E-state index contributed by atoms with van der Waals surface area (Å²) >= 11 is 12.8. The molecule has 4 aromatic rings. The fourth-order valence-corrected chi connectivity index (χ4v) is 10.9. The van der Waals surface area contributed by atoms with E-state index in [-0.39, 0.29) is 35.0 Å². The first-order valence-electron chi connectivity index (χ1n) is 18.7. The number of anilines is 1. The SMILES string of the molecule is COc1ccc(C23C(=O)N(Nc4ccc(Cl)cc4Cl)C(=O)C2CC2C(=CCC4C(=O)N(C5CCCCC5)C(=O)C42)C3c2ccc(O)c3ccccc23)cc1. The minimum atomic E-state index is -1.50. The Kier molecular flexibility index (Phi) is 8.50. The number of benzene rings is 4. The van der Waals surface area contributed by atoms with Crippen molar-refractivity contribution in [2.45, 2.75) is 62.3 Å². The van der Waals surface area contributed by atoms with Gasteiger partial charge in [-0.3, -0.25) is 29.5 Å². The molecule has 2 saturated heterocycles. The molecule has 276 valence electrons. The maximum Gasteiger partial charge on any atom is 0.260 e. The molecule has 0 radical (unpaired) electrons. The maximum absolute atomic E-state index is 15.6. The van der Waals surface area contributed by atoms with E-state index in [9.17, 15) is 14.7 Å². The van der Waals surface area contributed by atoms with Crippen LogP contribution in [0.1, 0.15) is 62.0 Å². The third kappa shape index (κ3) is 5.04. The number of aromatic hydroxyl groups is 1. The number of carbonyl (C=O) groups is 4. The number of hydrogen-bond donors (Lipinski definition) is 2. The number of allylic oxidation sites excluding steroid dienone is 2. The number of fused-ring (bicyclic) bond motifs is 5. The number of imide groups is 2. The first kappa shape index (κ1) is 34.9. The maximum atomic E-state index is 15.6. The molecule has 2 heterocycles. The van der Waals surface area contributed by atoms with E-state index in [1.807, 2.05) is 42.5 Å². The molecule has 54 heavy (non-hydrogen) atoms. The van der Waals surface area contributed by atoms with Crippen LogP contribution in [0, 0.1) is 23.7 Å². The Hall–Kier alpha value is -4.86. The normalized spacial score (nSPS) is 28.2. The average Bonchev–Trinajstić information content (AvgIpc) is 3.57. The topological polar surface area (TPSA) is 116 Å². The summed E-state index contributed by atoms with van der Waals surface area (Å²) in [6, 6.07) is 22.8. The Labute approximate surface area is 322 Å². The Morgan fingerprint density at radius 3 is 2.30 bits per heavy atom. The summed E-state index contributed by atoms with van der Waals surface area (Å²) in [7, 11) is 1.57. The van der Waals surface area contributed by atoms with E-state index in [2.05, 4.69) is 11.5 Å². The predicted octanol–water partition coefficient (Wildman–Crippen LogP) is 8.18. The average molecular weight is 765 g/mol. The van der Waals surface area contributed by atoms with Gasteiger partial charge in [0.2, 0.25) is 11.8 Å². The minimum absolute atomic E-state index is 0.0867. The molecule has 0 bridgehead atoms. The van der Waals surface area contributed by atoms with Crippen LogP contribution in [-0.2, 0) is 24.6 Å². The van der Waals surface area contributed by atoms with Crippen LogP contribution >= 0.6 is 23.2 Å². The highest BCUT2D eigenvalue weighted by atomic mass is 35.5. The molecular formula is C43H39Cl2N3O6.